The van der Waals surface area contributed by atoms with E-state index in [0.717, 1.165) is 44.8 Å². The predicted molar refractivity (Wildman–Crippen MR) is 84.4 cm³/mol. The monoisotopic (exact) mass is 312 g/mol. The molecule has 9 rings (SSSR count). The third-order valence-corrected chi connectivity index (χ3v) is 13.6. The van der Waals surface area contributed by atoms with Crippen LogP contribution in [0.5, 0.6) is 0 Å². The first-order chi connectivity index (χ1) is 10.7. The van der Waals surface area contributed by atoms with Crippen molar-refractivity contribution in [2.45, 2.75) is 69.1 Å². The number of rotatable bonds is 0. The van der Waals surface area contributed by atoms with Crippen LogP contribution in [0.1, 0.15) is 64.2 Å². The molecule has 0 nitrogen and oxygen atoms in total. The molecule has 0 aromatic heterocycles. The summed E-state index contributed by atoms with van der Waals surface area (Å²) in [7, 11) is 0. The van der Waals surface area contributed by atoms with Gasteiger partial charge in [-0.05, 0) is 102 Å². The Hall–Kier alpha value is 0.290. The fourth-order valence-corrected chi connectivity index (χ4v) is 15.3. The van der Waals surface area contributed by atoms with Crippen LogP contribution in [0.25, 0.3) is 0 Å². The van der Waals surface area contributed by atoms with Crippen molar-refractivity contribution in [3.63, 3.8) is 0 Å². The van der Waals surface area contributed by atoms with Crippen LogP contribution in [-0.4, -0.2) is 4.87 Å². The molecular weight excluding hydrogens is 288 g/mol. The van der Waals surface area contributed by atoms with Gasteiger partial charge in [0.1, 0.15) is 0 Å². The SMILES string of the molecule is ClC12CCCC34C5CC67CCCC6(C51)C1C7C35CCCC15C24. The van der Waals surface area contributed by atoms with Gasteiger partial charge < -0.3 is 0 Å². The van der Waals surface area contributed by atoms with Gasteiger partial charge in [-0.3, -0.25) is 0 Å². The summed E-state index contributed by atoms with van der Waals surface area (Å²) in [5, 5.41) is 0. The van der Waals surface area contributed by atoms with Crippen molar-refractivity contribution < 1.29 is 0 Å². The standard InChI is InChI=1S/C21H25Cl/c22-20-8-2-5-17-11-10-16-4-1-6-18(16,12(11)20)14-13(16)21(17)9-3-7-19(14,21)15(17)20/h11-15H,1-10H2. The maximum atomic E-state index is 7.73. The highest BCUT2D eigenvalue weighted by Gasteiger charge is 3.12. The van der Waals surface area contributed by atoms with Gasteiger partial charge in [-0.25, -0.2) is 0 Å². The highest BCUT2D eigenvalue weighted by molar-refractivity contribution is 6.25. The molecule has 0 aromatic rings. The van der Waals surface area contributed by atoms with Crippen molar-refractivity contribution in [3.05, 3.63) is 0 Å². The number of hydrogen-bond donors (Lipinski definition) is 0. The molecule has 0 heterocycles. The summed E-state index contributed by atoms with van der Waals surface area (Å²) in [4.78, 5) is 0.282. The van der Waals surface area contributed by atoms with Crippen LogP contribution in [-0.2, 0) is 0 Å². The van der Waals surface area contributed by atoms with E-state index in [2.05, 4.69) is 0 Å². The van der Waals surface area contributed by atoms with Crippen molar-refractivity contribution in [1.29, 1.82) is 0 Å². The first kappa shape index (κ1) is 11.0. The molecule has 9 aliphatic carbocycles. The van der Waals surface area contributed by atoms with Crippen molar-refractivity contribution >= 4 is 11.6 Å². The summed E-state index contributed by atoms with van der Waals surface area (Å²) in [5.74, 6) is 5.46. The molecule has 0 N–H and O–H groups in total. The smallest absolute Gasteiger partial charge is 0.0522 e. The van der Waals surface area contributed by atoms with Crippen molar-refractivity contribution in [3.8, 4) is 0 Å². The van der Waals surface area contributed by atoms with Crippen LogP contribution in [0.3, 0.4) is 0 Å². The molecule has 1 heteroatoms. The fraction of sp³-hybridized carbons (Fsp3) is 1.00. The van der Waals surface area contributed by atoms with Crippen LogP contribution in [0, 0.1) is 56.7 Å². The number of alkyl halides is 1. The quantitative estimate of drug-likeness (QED) is 0.552. The lowest BCUT2D eigenvalue weighted by atomic mass is 9.04. The Balaban J connectivity index is 1.52. The molecule has 9 saturated carbocycles. The van der Waals surface area contributed by atoms with Crippen LogP contribution >= 0.6 is 11.6 Å². The first-order valence-corrected chi connectivity index (χ1v) is 10.8. The number of halogens is 1. The van der Waals surface area contributed by atoms with Gasteiger partial charge in [0, 0.05) is 0 Å². The summed E-state index contributed by atoms with van der Waals surface area (Å²) < 4.78 is 0. The minimum Gasteiger partial charge on any atom is -0.119 e. The molecule has 11 unspecified atom stereocenters. The van der Waals surface area contributed by atoms with E-state index in [1.54, 1.807) is 51.4 Å². The Labute approximate surface area is 137 Å². The molecule has 0 radical (unpaired) electrons. The highest BCUT2D eigenvalue weighted by atomic mass is 35.5. The zero-order valence-corrected chi connectivity index (χ0v) is 14.1. The van der Waals surface area contributed by atoms with Crippen molar-refractivity contribution in [1.82, 2.24) is 0 Å². The summed E-state index contributed by atoms with van der Waals surface area (Å²) in [6, 6.07) is 0. The third kappa shape index (κ3) is 0.489. The van der Waals surface area contributed by atoms with E-state index in [9.17, 15) is 0 Å². The summed E-state index contributed by atoms with van der Waals surface area (Å²) in [6.45, 7) is 0. The Bertz CT molecular complexity index is 729. The predicted octanol–water partition coefficient (Wildman–Crippen LogP) is 5.00. The van der Waals surface area contributed by atoms with Gasteiger partial charge in [-0.15, -0.1) is 11.6 Å². The first-order valence-electron chi connectivity index (χ1n) is 10.4. The molecule has 0 saturated heterocycles. The molecule has 4 bridgehead atoms. The molecule has 116 valence electrons. The zero-order valence-electron chi connectivity index (χ0n) is 13.3. The maximum Gasteiger partial charge on any atom is 0.0522 e. The molecule has 0 amide bonds. The second-order valence-corrected chi connectivity index (χ2v) is 12.1. The van der Waals surface area contributed by atoms with Gasteiger partial charge in [0.2, 0.25) is 0 Å². The third-order valence-electron chi connectivity index (χ3n) is 12.9. The van der Waals surface area contributed by atoms with E-state index in [4.69, 9.17) is 11.6 Å². The lowest BCUT2D eigenvalue weighted by Gasteiger charge is -3.00. The van der Waals surface area contributed by atoms with Gasteiger partial charge in [0.05, 0.1) is 4.87 Å². The second-order valence-electron chi connectivity index (χ2n) is 11.4. The Morgan fingerprint density at radius 1 is 0.682 bits per heavy atom. The van der Waals surface area contributed by atoms with Crippen LogP contribution in [0.2, 0.25) is 0 Å². The molecule has 2 spiro atoms. The van der Waals surface area contributed by atoms with Crippen LogP contribution in [0.15, 0.2) is 0 Å². The Kier molecular flexibility index (Phi) is 1.17. The topological polar surface area (TPSA) is 0 Å². The minimum absolute atomic E-state index is 0.282. The van der Waals surface area contributed by atoms with E-state index in [1.165, 1.54) is 24.7 Å². The van der Waals surface area contributed by atoms with Gasteiger partial charge in [-0.2, -0.15) is 0 Å². The highest BCUT2D eigenvalue weighted by Crippen LogP contribution is 3.15. The summed E-state index contributed by atoms with van der Waals surface area (Å²) in [6.07, 6.45) is 15.7. The average molecular weight is 313 g/mol. The van der Waals surface area contributed by atoms with E-state index in [1.807, 2.05) is 0 Å². The molecule has 0 aromatic carbocycles. The minimum atomic E-state index is 0.282. The van der Waals surface area contributed by atoms with Gasteiger partial charge >= 0.3 is 0 Å². The maximum absolute atomic E-state index is 7.73. The normalized spacial score (nSPS) is 88.0. The van der Waals surface area contributed by atoms with Gasteiger partial charge in [-0.1, -0.05) is 19.3 Å². The van der Waals surface area contributed by atoms with Crippen LogP contribution < -0.4 is 0 Å². The molecule has 9 aliphatic rings. The molecule has 22 heavy (non-hydrogen) atoms. The van der Waals surface area contributed by atoms with E-state index in [0.29, 0.717) is 0 Å². The Morgan fingerprint density at radius 2 is 1.45 bits per heavy atom. The van der Waals surface area contributed by atoms with Gasteiger partial charge in [0.15, 0.2) is 0 Å². The van der Waals surface area contributed by atoms with Crippen LogP contribution in [0.4, 0.5) is 0 Å². The lowest BCUT2D eigenvalue weighted by Crippen LogP contribution is -2.97. The van der Waals surface area contributed by atoms with Crippen molar-refractivity contribution in [2.24, 2.45) is 56.7 Å². The molecule has 9 fully saturated rings. The van der Waals surface area contributed by atoms with E-state index < -0.39 is 0 Å². The average Bonchev–Trinajstić information content (AvgIpc) is 2.90. The molecular formula is C21H25Cl. The Morgan fingerprint density at radius 3 is 2.41 bits per heavy atom. The summed E-state index contributed by atoms with van der Waals surface area (Å²) >= 11 is 7.73. The van der Waals surface area contributed by atoms with E-state index >= 15 is 0 Å². The zero-order chi connectivity index (χ0) is 14.0. The number of hydrogen-bond acceptors (Lipinski definition) is 0. The summed E-state index contributed by atoms with van der Waals surface area (Å²) in [5.41, 5.74) is 4.08. The second kappa shape index (κ2) is 2.33. The lowest BCUT2D eigenvalue weighted by molar-refractivity contribution is -0.530. The van der Waals surface area contributed by atoms with E-state index in [-0.39, 0.29) is 4.87 Å². The van der Waals surface area contributed by atoms with Crippen molar-refractivity contribution in [2.75, 3.05) is 0 Å². The molecule has 0 aliphatic heterocycles. The largest absolute Gasteiger partial charge is 0.119 e. The molecule has 11 atom stereocenters. The van der Waals surface area contributed by atoms with Gasteiger partial charge in [0.25, 0.3) is 0 Å². The fourth-order valence-electron chi connectivity index (χ4n) is 14.5.